The molecule has 0 N–H and O–H groups in total. The Balaban J connectivity index is 2.20. The van der Waals surface area contributed by atoms with Crippen LogP contribution in [0.25, 0.3) is 0 Å². The van der Waals surface area contributed by atoms with E-state index >= 15 is 0 Å². The number of carbonyl (C=O) groups is 2. The van der Waals surface area contributed by atoms with Gasteiger partial charge in [-0.15, -0.1) is 0 Å². The lowest BCUT2D eigenvalue weighted by atomic mass is 9.91. The molecule has 2 rings (SSSR count). The van der Waals surface area contributed by atoms with Crippen molar-refractivity contribution in [3.63, 3.8) is 0 Å². The number of hydrogen-bond donors (Lipinski definition) is 0. The quantitative estimate of drug-likeness (QED) is 0.757. The predicted octanol–water partition coefficient (Wildman–Crippen LogP) is 2.28. The van der Waals surface area contributed by atoms with Gasteiger partial charge in [0.25, 0.3) is 0 Å². The summed E-state index contributed by atoms with van der Waals surface area (Å²) in [7, 11) is 0. The van der Waals surface area contributed by atoms with E-state index in [1.165, 1.54) is 0 Å². The number of benzene rings is 1. The average Bonchev–Trinajstić information content (AvgIpc) is 2.46. The maximum absolute atomic E-state index is 12.0. The van der Waals surface area contributed by atoms with Gasteiger partial charge in [0.1, 0.15) is 5.41 Å². The van der Waals surface area contributed by atoms with Crippen LogP contribution in [-0.2, 0) is 16.1 Å². The Hall–Kier alpha value is -1.35. The molecule has 0 radical (unpaired) electrons. The highest BCUT2D eigenvalue weighted by Gasteiger charge is 2.46. The maximum atomic E-state index is 12.0. The molecule has 1 heterocycles. The zero-order chi connectivity index (χ0) is 12.6. The van der Waals surface area contributed by atoms with Gasteiger partial charge in [-0.1, -0.05) is 29.8 Å². The van der Waals surface area contributed by atoms with Gasteiger partial charge in [0, 0.05) is 11.6 Å². The molecule has 1 aromatic carbocycles. The SMILES string of the molecule is CC1(C)C(=O)CN(Cc2ccccc2Cl)C1=O. The fraction of sp³-hybridized carbons (Fsp3) is 0.385. The fourth-order valence-corrected chi connectivity index (χ4v) is 2.11. The van der Waals surface area contributed by atoms with Gasteiger partial charge in [0.15, 0.2) is 5.78 Å². The smallest absolute Gasteiger partial charge is 0.236 e. The molecule has 1 aliphatic rings. The van der Waals surface area contributed by atoms with E-state index < -0.39 is 5.41 Å². The Bertz CT molecular complexity index is 482. The summed E-state index contributed by atoms with van der Waals surface area (Å²) in [6, 6.07) is 7.36. The summed E-state index contributed by atoms with van der Waals surface area (Å²) >= 11 is 6.03. The first-order chi connectivity index (χ1) is 7.93. The maximum Gasteiger partial charge on any atom is 0.236 e. The van der Waals surface area contributed by atoms with Crippen LogP contribution in [0.3, 0.4) is 0 Å². The number of carbonyl (C=O) groups excluding carboxylic acids is 2. The molecule has 1 fully saturated rings. The number of hydrogen-bond acceptors (Lipinski definition) is 2. The molecule has 4 heteroatoms. The number of amides is 1. The van der Waals surface area contributed by atoms with Crippen LogP contribution in [0.4, 0.5) is 0 Å². The molecule has 1 aromatic rings. The Labute approximate surface area is 105 Å². The Morgan fingerprint density at radius 3 is 2.47 bits per heavy atom. The minimum absolute atomic E-state index is 0.0328. The van der Waals surface area contributed by atoms with Crippen molar-refractivity contribution < 1.29 is 9.59 Å². The first kappa shape index (κ1) is 12.1. The molecule has 0 bridgehead atoms. The van der Waals surface area contributed by atoms with Gasteiger partial charge in [-0.05, 0) is 25.5 Å². The Morgan fingerprint density at radius 2 is 1.94 bits per heavy atom. The molecule has 0 aliphatic carbocycles. The van der Waals surface area contributed by atoms with Crippen LogP contribution < -0.4 is 0 Å². The van der Waals surface area contributed by atoms with Crippen LogP contribution in [0.15, 0.2) is 24.3 Å². The van der Waals surface area contributed by atoms with Gasteiger partial charge in [-0.3, -0.25) is 9.59 Å². The number of halogens is 1. The molecule has 1 saturated heterocycles. The van der Waals surface area contributed by atoms with Gasteiger partial charge in [-0.25, -0.2) is 0 Å². The summed E-state index contributed by atoms with van der Waals surface area (Å²) in [6.07, 6.45) is 0. The van der Waals surface area contributed by atoms with Crippen LogP contribution in [-0.4, -0.2) is 23.1 Å². The lowest BCUT2D eigenvalue weighted by Crippen LogP contribution is -2.31. The van der Waals surface area contributed by atoms with E-state index in [9.17, 15) is 9.59 Å². The fourth-order valence-electron chi connectivity index (χ4n) is 1.92. The van der Waals surface area contributed by atoms with Crippen LogP contribution in [0, 0.1) is 5.41 Å². The molecule has 0 atom stereocenters. The van der Waals surface area contributed by atoms with E-state index in [0.717, 1.165) is 5.56 Å². The van der Waals surface area contributed by atoms with Gasteiger partial charge in [-0.2, -0.15) is 0 Å². The standard InChI is InChI=1S/C13H14ClNO2/c1-13(2)11(16)8-15(12(13)17)7-9-5-3-4-6-10(9)14/h3-6H,7-8H2,1-2H3. The summed E-state index contributed by atoms with van der Waals surface area (Å²) in [4.78, 5) is 25.3. The van der Waals surface area contributed by atoms with Crippen LogP contribution in [0.1, 0.15) is 19.4 Å². The van der Waals surface area contributed by atoms with E-state index in [-0.39, 0.29) is 18.2 Å². The van der Waals surface area contributed by atoms with Crippen molar-refractivity contribution in [3.05, 3.63) is 34.9 Å². The molecular weight excluding hydrogens is 238 g/mol. The van der Waals surface area contributed by atoms with Crippen molar-refractivity contribution in [2.24, 2.45) is 5.41 Å². The van der Waals surface area contributed by atoms with Crippen molar-refractivity contribution in [1.82, 2.24) is 4.90 Å². The zero-order valence-corrected chi connectivity index (χ0v) is 10.6. The molecule has 1 amide bonds. The zero-order valence-electron chi connectivity index (χ0n) is 9.87. The molecule has 1 aliphatic heterocycles. The second-order valence-electron chi connectivity index (χ2n) is 4.80. The Kier molecular flexibility index (Phi) is 2.96. The molecule has 0 aromatic heterocycles. The number of likely N-dealkylation sites (tertiary alicyclic amines) is 1. The van der Waals surface area contributed by atoms with Crippen molar-refractivity contribution in [2.75, 3.05) is 6.54 Å². The lowest BCUT2D eigenvalue weighted by Gasteiger charge is -2.18. The topological polar surface area (TPSA) is 37.4 Å². The number of rotatable bonds is 2. The van der Waals surface area contributed by atoms with Crippen molar-refractivity contribution in [2.45, 2.75) is 20.4 Å². The minimum Gasteiger partial charge on any atom is -0.330 e. The minimum atomic E-state index is -0.888. The summed E-state index contributed by atoms with van der Waals surface area (Å²) < 4.78 is 0. The molecule has 0 unspecified atom stereocenters. The van der Waals surface area contributed by atoms with Gasteiger partial charge >= 0.3 is 0 Å². The molecular formula is C13H14ClNO2. The second-order valence-corrected chi connectivity index (χ2v) is 5.21. The van der Waals surface area contributed by atoms with Gasteiger partial charge in [0.2, 0.25) is 5.91 Å². The highest BCUT2D eigenvalue weighted by Crippen LogP contribution is 2.29. The van der Waals surface area contributed by atoms with E-state index in [0.29, 0.717) is 11.6 Å². The third-order valence-corrected chi connectivity index (χ3v) is 3.54. The highest BCUT2D eigenvalue weighted by atomic mass is 35.5. The molecule has 3 nitrogen and oxygen atoms in total. The number of Topliss-reactive ketones (excluding diaryl/α,β-unsaturated/α-hetero) is 1. The monoisotopic (exact) mass is 251 g/mol. The normalized spacial score (nSPS) is 18.9. The van der Waals surface area contributed by atoms with E-state index in [1.54, 1.807) is 24.8 Å². The largest absolute Gasteiger partial charge is 0.330 e. The lowest BCUT2D eigenvalue weighted by molar-refractivity contribution is -0.137. The highest BCUT2D eigenvalue weighted by molar-refractivity contribution is 6.31. The first-order valence-corrected chi connectivity index (χ1v) is 5.87. The van der Waals surface area contributed by atoms with Gasteiger partial charge in [0.05, 0.1) is 6.54 Å². The number of nitrogens with zero attached hydrogens (tertiary/aromatic N) is 1. The van der Waals surface area contributed by atoms with Gasteiger partial charge < -0.3 is 4.90 Å². The molecule has 17 heavy (non-hydrogen) atoms. The predicted molar refractivity (Wildman–Crippen MR) is 65.7 cm³/mol. The number of ketones is 1. The summed E-state index contributed by atoms with van der Waals surface area (Å²) in [5.74, 6) is -0.156. The molecule has 0 spiro atoms. The van der Waals surface area contributed by atoms with Crippen molar-refractivity contribution >= 4 is 23.3 Å². The van der Waals surface area contributed by atoms with E-state index in [2.05, 4.69) is 0 Å². The van der Waals surface area contributed by atoms with Crippen LogP contribution >= 0.6 is 11.6 Å². The van der Waals surface area contributed by atoms with Crippen LogP contribution in [0.5, 0.6) is 0 Å². The molecule has 90 valence electrons. The average molecular weight is 252 g/mol. The third kappa shape index (κ3) is 2.07. The summed E-state index contributed by atoms with van der Waals surface area (Å²) in [6.45, 7) is 3.92. The summed E-state index contributed by atoms with van der Waals surface area (Å²) in [5.41, 5.74) is -0.0191. The van der Waals surface area contributed by atoms with Crippen molar-refractivity contribution in [3.8, 4) is 0 Å². The summed E-state index contributed by atoms with van der Waals surface area (Å²) in [5, 5.41) is 0.623. The van der Waals surface area contributed by atoms with Crippen LogP contribution in [0.2, 0.25) is 5.02 Å². The first-order valence-electron chi connectivity index (χ1n) is 5.49. The van der Waals surface area contributed by atoms with Crippen molar-refractivity contribution in [1.29, 1.82) is 0 Å². The second kappa shape index (κ2) is 4.15. The molecule has 0 saturated carbocycles. The van der Waals surface area contributed by atoms with E-state index in [1.807, 2.05) is 18.2 Å². The Morgan fingerprint density at radius 1 is 1.29 bits per heavy atom. The van der Waals surface area contributed by atoms with E-state index in [4.69, 9.17) is 11.6 Å². The third-order valence-electron chi connectivity index (χ3n) is 3.17.